The van der Waals surface area contributed by atoms with Crippen LogP contribution in [0.25, 0.3) is 11.3 Å². The maximum absolute atomic E-state index is 14.9. The van der Waals surface area contributed by atoms with Crippen molar-refractivity contribution in [3.63, 3.8) is 0 Å². The summed E-state index contributed by atoms with van der Waals surface area (Å²) >= 11 is 0. The Labute approximate surface area is 198 Å². The third kappa shape index (κ3) is 5.02. The average Bonchev–Trinajstić information content (AvgIpc) is 3.38. The molecule has 3 aliphatic heterocycles. The van der Waals surface area contributed by atoms with Crippen molar-refractivity contribution >= 4 is 23.2 Å². The number of carbonyl (C=O) groups is 1. The molecule has 3 aromatic rings. The summed E-state index contributed by atoms with van der Waals surface area (Å²) in [5.41, 5.74) is 4.19. The Bertz CT molecular complexity index is 1180. The molecule has 2 N–H and O–H groups in total. The van der Waals surface area contributed by atoms with Gasteiger partial charge in [-0.2, -0.15) is 0 Å². The molecule has 6 bridgehead atoms. The molecule has 3 aliphatic rings. The number of anilines is 3. The van der Waals surface area contributed by atoms with Crippen molar-refractivity contribution in [1.29, 1.82) is 0 Å². The third-order valence-corrected chi connectivity index (χ3v) is 6.20. The Morgan fingerprint density at radius 3 is 2.74 bits per heavy atom. The second kappa shape index (κ2) is 10.2. The van der Waals surface area contributed by atoms with Gasteiger partial charge in [-0.05, 0) is 68.1 Å². The molecule has 0 saturated carbocycles. The lowest BCUT2D eigenvalue weighted by atomic mass is 10.1. The molecule has 2 aromatic carbocycles. The van der Waals surface area contributed by atoms with Crippen molar-refractivity contribution in [3.8, 4) is 11.3 Å². The molecule has 1 amide bonds. The van der Waals surface area contributed by atoms with Gasteiger partial charge >= 0.3 is 0 Å². The minimum Gasteiger partial charge on any atom is -0.377 e. The number of amides is 1. The van der Waals surface area contributed by atoms with Crippen LogP contribution in [0.4, 0.5) is 21.7 Å². The minimum absolute atomic E-state index is 0.285. The van der Waals surface area contributed by atoms with Gasteiger partial charge in [-0.15, -0.1) is 0 Å². The molecule has 7 nitrogen and oxygen atoms in total. The number of hydrogen-bond acceptors (Lipinski definition) is 6. The summed E-state index contributed by atoms with van der Waals surface area (Å²) in [4.78, 5) is 23.6. The first-order valence-electron chi connectivity index (χ1n) is 11.8. The number of carbonyl (C=O) groups excluding carboxylic acids is 1. The Morgan fingerprint density at radius 1 is 1.00 bits per heavy atom. The van der Waals surface area contributed by atoms with Crippen LogP contribution in [-0.2, 0) is 11.3 Å². The number of nitrogens with one attached hydrogen (secondary N) is 2. The largest absolute Gasteiger partial charge is 0.377 e. The molecule has 1 fully saturated rings. The van der Waals surface area contributed by atoms with Gasteiger partial charge in [0, 0.05) is 60.5 Å². The first-order chi connectivity index (χ1) is 16.7. The Kier molecular flexibility index (Phi) is 6.67. The zero-order valence-corrected chi connectivity index (χ0v) is 19.0. The highest BCUT2D eigenvalue weighted by Gasteiger charge is 2.17. The SMILES string of the molecule is O=C1NCCCCOCc2cc(ccc2N2CCCC2)Nc2nccc(n2)-c2ccc1cc2F. The number of halogens is 1. The van der Waals surface area contributed by atoms with Crippen LogP contribution in [0.1, 0.15) is 41.6 Å². The van der Waals surface area contributed by atoms with E-state index < -0.39 is 5.82 Å². The molecule has 0 unspecified atom stereocenters. The molecule has 1 aromatic heterocycles. The lowest BCUT2D eigenvalue weighted by Crippen LogP contribution is -2.24. The fraction of sp³-hybridized carbons (Fsp3) is 0.346. The van der Waals surface area contributed by atoms with Crippen molar-refractivity contribution in [2.24, 2.45) is 0 Å². The number of aromatic nitrogens is 2. The van der Waals surface area contributed by atoms with E-state index in [4.69, 9.17) is 4.74 Å². The van der Waals surface area contributed by atoms with Gasteiger partial charge in [0.05, 0.1) is 12.3 Å². The second-order valence-corrected chi connectivity index (χ2v) is 8.64. The zero-order valence-electron chi connectivity index (χ0n) is 19.0. The topological polar surface area (TPSA) is 79.4 Å². The van der Waals surface area contributed by atoms with Gasteiger partial charge in [-0.25, -0.2) is 14.4 Å². The van der Waals surface area contributed by atoms with Crippen LogP contribution in [0, 0.1) is 5.82 Å². The van der Waals surface area contributed by atoms with Gasteiger partial charge < -0.3 is 20.3 Å². The van der Waals surface area contributed by atoms with Crippen molar-refractivity contribution in [2.75, 3.05) is 36.5 Å². The van der Waals surface area contributed by atoms with E-state index in [2.05, 4.69) is 37.6 Å². The first kappa shape index (κ1) is 22.3. The van der Waals surface area contributed by atoms with Gasteiger partial charge in [-0.1, -0.05) is 0 Å². The molecule has 0 aliphatic carbocycles. The normalized spacial score (nSPS) is 16.9. The van der Waals surface area contributed by atoms with Gasteiger partial charge in [0.15, 0.2) is 0 Å². The molecule has 0 atom stereocenters. The van der Waals surface area contributed by atoms with E-state index in [1.54, 1.807) is 24.4 Å². The number of rotatable bonds is 1. The monoisotopic (exact) mass is 461 g/mol. The standard InChI is InChI=1S/C26H28FN5O2/c27-22-16-18-5-7-21(22)23-9-11-29-26(31-23)30-20-6-8-24(32-12-2-3-13-32)19(15-20)17-34-14-4-1-10-28-25(18)33/h5-9,11,15-16H,1-4,10,12-14,17H2,(H,28,33)(H,29,30,31). The molecule has 6 rings (SSSR count). The van der Waals surface area contributed by atoms with E-state index in [1.165, 1.54) is 24.6 Å². The predicted molar refractivity (Wildman–Crippen MR) is 130 cm³/mol. The summed E-state index contributed by atoms with van der Waals surface area (Å²) in [7, 11) is 0. The van der Waals surface area contributed by atoms with E-state index in [1.807, 2.05) is 6.07 Å². The molecular weight excluding hydrogens is 433 g/mol. The highest BCUT2D eigenvalue weighted by Crippen LogP contribution is 2.30. The summed E-state index contributed by atoms with van der Waals surface area (Å²) in [5.74, 6) is -0.418. The predicted octanol–water partition coefficient (Wildman–Crippen LogP) is 4.67. The van der Waals surface area contributed by atoms with Crippen LogP contribution >= 0.6 is 0 Å². The average molecular weight is 462 g/mol. The molecule has 0 spiro atoms. The van der Waals surface area contributed by atoms with E-state index >= 15 is 0 Å². The van der Waals surface area contributed by atoms with E-state index in [0.29, 0.717) is 37.0 Å². The molecule has 4 heterocycles. The van der Waals surface area contributed by atoms with Crippen molar-refractivity contribution in [2.45, 2.75) is 32.3 Å². The lowest BCUT2D eigenvalue weighted by molar-refractivity contribution is 0.0945. The number of nitrogens with zero attached hydrogens (tertiary/aromatic N) is 3. The van der Waals surface area contributed by atoms with Crippen LogP contribution in [0.2, 0.25) is 0 Å². The number of benzene rings is 2. The van der Waals surface area contributed by atoms with Gasteiger partial charge in [-0.3, -0.25) is 4.79 Å². The van der Waals surface area contributed by atoms with Crippen molar-refractivity contribution in [3.05, 3.63) is 65.6 Å². The van der Waals surface area contributed by atoms with Crippen LogP contribution in [0.15, 0.2) is 48.7 Å². The third-order valence-electron chi connectivity index (χ3n) is 6.20. The van der Waals surface area contributed by atoms with Crippen molar-refractivity contribution < 1.29 is 13.9 Å². The molecule has 1 saturated heterocycles. The summed E-state index contributed by atoms with van der Waals surface area (Å²) < 4.78 is 20.9. The Hall–Kier alpha value is -3.52. The van der Waals surface area contributed by atoms with E-state index in [0.717, 1.165) is 37.2 Å². The maximum atomic E-state index is 14.9. The zero-order chi connectivity index (χ0) is 23.3. The summed E-state index contributed by atoms with van der Waals surface area (Å²) in [6.45, 7) is 3.72. The molecule has 8 heteroatoms. The van der Waals surface area contributed by atoms with Gasteiger partial charge in [0.1, 0.15) is 5.82 Å². The number of hydrogen-bond donors (Lipinski definition) is 2. The number of fused-ring (bicyclic) bond motifs is 9. The smallest absolute Gasteiger partial charge is 0.251 e. The second-order valence-electron chi connectivity index (χ2n) is 8.64. The maximum Gasteiger partial charge on any atom is 0.251 e. The summed E-state index contributed by atoms with van der Waals surface area (Å²) in [6, 6.07) is 12.3. The molecule has 34 heavy (non-hydrogen) atoms. The summed E-state index contributed by atoms with van der Waals surface area (Å²) in [6.07, 6.45) is 5.60. The summed E-state index contributed by atoms with van der Waals surface area (Å²) in [5, 5.41) is 6.10. The van der Waals surface area contributed by atoms with Gasteiger partial charge in [0.2, 0.25) is 5.95 Å². The molecular formula is C26H28FN5O2. The quantitative estimate of drug-likeness (QED) is 0.549. The Balaban J connectivity index is 1.48. The fourth-order valence-electron chi connectivity index (χ4n) is 4.42. The Morgan fingerprint density at radius 2 is 1.88 bits per heavy atom. The first-order valence-corrected chi connectivity index (χ1v) is 11.8. The molecule has 176 valence electrons. The van der Waals surface area contributed by atoms with Crippen LogP contribution < -0.4 is 15.5 Å². The highest BCUT2D eigenvalue weighted by molar-refractivity contribution is 5.94. The van der Waals surface area contributed by atoms with E-state index in [9.17, 15) is 9.18 Å². The van der Waals surface area contributed by atoms with Crippen LogP contribution in [-0.4, -0.2) is 42.1 Å². The van der Waals surface area contributed by atoms with Crippen LogP contribution in [0.5, 0.6) is 0 Å². The molecule has 0 radical (unpaired) electrons. The minimum atomic E-state index is -0.499. The number of ether oxygens (including phenoxy) is 1. The lowest BCUT2D eigenvalue weighted by Gasteiger charge is -2.22. The fourth-order valence-corrected chi connectivity index (χ4v) is 4.42. The van der Waals surface area contributed by atoms with Crippen molar-refractivity contribution in [1.82, 2.24) is 15.3 Å². The van der Waals surface area contributed by atoms with E-state index in [-0.39, 0.29) is 11.5 Å². The van der Waals surface area contributed by atoms with Gasteiger partial charge in [0.25, 0.3) is 5.91 Å². The van der Waals surface area contributed by atoms with Crippen LogP contribution in [0.3, 0.4) is 0 Å². The highest BCUT2D eigenvalue weighted by atomic mass is 19.1.